The van der Waals surface area contributed by atoms with E-state index in [-0.39, 0.29) is 5.57 Å². The van der Waals surface area contributed by atoms with Crippen LogP contribution in [0.5, 0.6) is 0 Å². The summed E-state index contributed by atoms with van der Waals surface area (Å²) in [6.45, 7) is 1.91. The van der Waals surface area contributed by atoms with Crippen molar-refractivity contribution in [1.82, 2.24) is 0 Å². The van der Waals surface area contributed by atoms with E-state index in [0.717, 1.165) is 11.1 Å². The molecule has 0 aliphatic heterocycles. The number of carbonyl (C=O) groups is 1. The zero-order valence-electron chi connectivity index (χ0n) is 10.7. The number of hydrogen-bond donors (Lipinski definition) is 1. The monoisotopic (exact) mass is 286 g/mol. The van der Waals surface area contributed by atoms with Gasteiger partial charge in [-0.2, -0.15) is 5.26 Å². The van der Waals surface area contributed by atoms with Gasteiger partial charge in [-0.25, -0.2) is 0 Å². The molecule has 0 saturated carbocycles. The van der Waals surface area contributed by atoms with Crippen molar-refractivity contribution in [3.63, 3.8) is 0 Å². The maximum absolute atomic E-state index is 11.0. The number of nitrogens with zero attached hydrogens (tertiary/aromatic N) is 1. The van der Waals surface area contributed by atoms with E-state index in [4.69, 9.17) is 27.0 Å². The van der Waals surface area contributed by atoms with Crippen LogP contribution in [0.15, 0.2) is 40.3 Å². The van der Waals surface area contributed by atoms with Crippen LogP contribution in [0.3, 0.4) is 0 Å². The quantitative estimate of drug-likeness (QED) is 0.694. The smallest absolute Gasteiger partial charge is 0.259 e. The SMILES string of the molecule is Cc1ccc(-c2ccc(/C=C(\C#N)C(N)=O)o2)cc1Cl. The number of aryl methyl sites for hydroxylation is 1. The Labute approximate surface area is 121 Å². The highest BCUT2D eigenvalue weighted by Crippen LogP contribution is 2.27. The normalized spacial score (nSPS) is 11.2. The molecule has 2 rings (SSSR count). The summed E-state index contributed by atoms with van der Waals surface area (Å²) < 4.78 is 5.55. The van der Waals surface area contributed by atoms with E-state index < -0.39 is 5.91 Å². The Bertz CT molecular complexity index is 739. The van der Waals surface area contributed by atoms with Gasteiger partial charge >= 0.3 is 0 Å². The lowest BCUT2D eigenvalue weighted by Crippen LogP contribution is -2.12. The molecule has 0 saturated heterocycles. The largest absolute Gasteiger partial charge is 0.457 e. The lowest BCUT2D eigenvalue weighted by molar-refractivity contribution is -0.114. The molecule has 20 heavy (non-hydrogen) atoms. The molecule has 1 amide bonds. The molecule has 5 heteroatoms. The number of hydrogen-bond acceptors (Lipinski definition) is 3. The fourth-order valence-corrected chi connectivity index (χ4v) is 1.81. The molecule has 0 radical (unpaired) electrons. The molecule has 4 nitrogen and oxygen atoms in total. The van der Waals surface area contributed by atoms with Gasteiger partial charge in [0.2, 0.25) is 0 Å². The first-order valence-corrected chi connectivity index (χ1v) is 6.17. The molecule has 0 aliphatic rings. The van der Waals surface area contributed by atoms with Crippen LogP contribution in [0.2, 0.25) is 5.02 Å². The van der Waals surface area contributed by atoms with Crippen LogP contribution >= 0.6 is 11.6 Å². The summed E-state index contributed by atoms with van der Waals surface area (Å²) in [7, 11) is 0. The maximum atomic E-state index is 11.0. The molecule has 2 aromatic rings. The molecular formula is C15H11ClN2O2. The van der Waals surface area contributed by atoms with E-state index >= 15 is 0 Å². The summed E-state index contributed by atoms with van der Waals surface area (Å²) in [5.41, 5.74) is 6.69. The fourth-order valence-electron chi connectivity index (χ4n) is 1.63. The van der Waals surface area contributed by atoms with Gasteiger partial charge in [-0.3, -0.25) is 4.79 Å². The first kappa shape index (κ1) is 13.9. The number of nitriles is 1. The number of primary amides is 1. The molecule has 1 heterocycles. The Hall–Kier alpha value is -2.51. The van der Waals surface area contributed by atoms with Gasteiger partial charge in [0, 0.05) is 16.7 Å². The van der Waals surface area contributed by atoms with Gasteiger partial charge in [-0.1, -0.05) is 23.7 Å². The molecule has 0 unspecified atom stereocenters. The summed E-state index contributed by atoms with van der Waals surface area (Å²) in [4.78, 5) is 11.0. The van der Waals surface area contributed by atoms with Gasteiger partial charge in [0.15, 0.2) is 0 Å². The fraction of sp³-hybridized carbons (Fsp3) is 0.0667. The summed E-state index contributed by atoms with van der Waals surface area (Å²) in [5.74, 6) is 0.191. The Morgan fingerprint density at radius 2 is 2.15 bits per heavy atom. The van der Waals surface area contributed by atoms with Gasteiger partial charge in [0.05, 0.1) is 0 Å². The molecule has 1 aromatic heterocycles. The van der Waals surface area contributed by atoms with E-state index in [1.807, 2.05) is 19.1 Å². The number of halogens is 1. The third kappa shape index (κ3) is 2.90. The van der Waals surface area contributed by atoms with Gasteiger partial charge in [0.25, 0.3) is 5.91 Å². The van der Waals surface area contributed by atoms with E-state index in [0.29, 0.717) is 16.5 Å². The Morgan fingerprint density at radius 3 is 2.75 bits per heavy atom. The van der Waals surface area contributed by atoms with Crippen LogP contribution in [0, 0.1) is 18.3 Å². The summed E-state index contributed by atoms with van der Waals surface area (Å²) >= 11 is 6.06. The van der Waals surface area contributed by atoms with Crippen molar-refractivity contribution in [2.45, 2.75) is 6.92 Å². The number of benzene rings is 1. The summed E-state index contributed by atoms with van der Waals surface area (Å²) in [5, 5.41) is 9.41. The van der Waals surface area contributed by atoms with Gasteiger partial charge < -0.3 is 10.2 Å². The van der Waals surface area contributed by atoms with Gasteiger partial charge in [-0.05, 0) is 30.7 Å². The van der Waals surface area contributed by atoms with E-state index in [9.17, 15) is 4.79 Å². The number of rotatable bonds is 3. The predicted molar refractivity (Wildman–Crippen MR) is 76.7 cm³/mol. The van der Waals surface area contributed by atoms with Crippen molar-refractivity contribution in [1.29, 1.82) is 5.26 Å². The number of nitrogens with two attached hydrogens (primary N) is 1. The van der Waals surface area contributed by atoms with Crippen molar-refractivity contribution in [2.75, 3.05) is 0 Å². The van der Waals surface area contributed by atoms with E-state index in [2.05, 4.69) is 0 Å². The molecule has 0 atom stereocenters. The average Bonchev–Trinajstić information content (AvgIpc) is 2.87. The minimum atomic E-state index is -0.788. The van der Waals surface area contributed by atoms with Gasteiger partial charge in [-0.15, -0.1) is 0 Å². The molecule has 1 aromatic carbocycles. The minimum Gasteiger partial charge on any atom is -0.457 e. The summed E-state index contributed by atoms with van der Waals surface area (Å²) in [6.07, 6.45) is 1.31. The average molecular weight is 287 g/mol. The second kappa shape index (κ2) is 5.64. The van der Waals surface area contributed by atoms with Crippen LogP contribution < -0.4 is 5.73 Å². The lowest BCUT2D eigenvalue weighted by Gasteiger charge is -2.00. The molecule has 0 spiro atoms. The zero-order chi connectivity index (χ0) is 14.7. The molecule has 0 aliphatic carbocycles. The van der Waals surface area contributed by atoms with E-state index in [1.54, 1.807) is 24.3 Å². The van der Waals surface area contributed by atoms with Crippen molar-refractivity contribution >= 4 is 23.6 Å². The highest BCUT2D eigenvalue weighted by Gasteiger charge is 2.08. The summed E-state index contributed by atoms with van der Waals surface area (Å²) in [6, 6.07) is 10.7. The maximum Gasteiger partial charge on any atom is 0.259 e. The van der Waals surface area contributed by atoms with Crippen molar-refractivity contribution in [2.24, 2.45) is 5.73 Å². The van der Waals surface area contributed by atoms with Crippen LogP contribution in [-0.2, 0) is 4.79 Å². The Balaban J connectivity index is 2.36. The number of amides is 1. The first-order chi connectivity index (χ1) is 9.51. The third-order valence-corrected chi connectivity index (χ3v) is 3.16. The molecule has 0 bridgehead atoms. The van der Waals surface area contributed by atoms with Crippen molar-refractivity contribution in [3.05, 3.63) is 52.3 Å². The van der Waals surface area contributed by atoms with Crippen molar-refractivity contribution < 1.29 is 9.21 Å². The second-order valence-electron chi connectivity index (χ2n) is 4.20. The molecule has 0 fully saturated rings. The predicted octanol–water partition coefficient (Wildman–Crippen LogP) is 3.30. The molecular weight excluding hydrogens is 276 g/mol. The molecule has 100 valence electrons. The van der Waals surface area contributed by atoms with Crippen LogP contribution in [-0.4, -0.2) is 5.91 Å². The highest BCUT2D eigenvalue weighted by molar-refractivity contribution is 6.31. The minimum absolute atomic E-state index is 0.159. The highest BCUT2D eigenvalue weighted by atomic mass is 35.5. The standard InChI is InChI=1S/C15H11ClN2O2/c1-9-2-3-10(7-13(9)16)14-5-4-12(20-14)6-11(8-17)15(18)19/h2-7H,1H3,(H2,18,19)/b11-6+. The number of carbonyl (C=O) groups excluding carboxylic acids is 1. The van der Waals surface area contributed by atoms with Crippen molar-refractivity contribution in [3.8, 4) is 17.4 Å². The molecule has 2 N–H and O–H groups in total. The number of furan rings is 1. The van der Waals surface area contributed by atoms with Crippen LogP contribution in [0.25, 0.3) is 17.4 Å². The van der Waals surface area contributed by atoms with E-state index in [1.165, 1.54) is 6.08 Å². The van der Waals surface area contributed by atoms with Crippen LogP contribution in [0.4, 0.5) is 0 Å². The van der Waals surface area contributed by atoms with Crippen LogP contribution in [0.1, 0.15) is 11.3 Å². The second-order valence-corrected chi connectivity index (χ2v) is 4.61. The van der Waals surface area contributed by atoms with Gasteiger partial charge in [0.1, 0.15) is 23.2 Å². The lowest BCUT2D eigenvalue weighted by atomic mass is 10.1. The Morgan fingerprint density at radius 1 is 1.40 bits per heavy atom. The topological polar surface area (TPSA) is 80.0 Å². The first-order valence-electron chi connectivity index (χ1n) is 5.79. The zero-order valence-corrected chi connectivity index (χ0v) is 11.4. The Kier molecular flexibility index (Phi) is 3.92. The third-order valence-electron chi connectivity index (χ3n) is 2.76.